The van der Waals surface area contributed by atoms with Crippen molar-refractivity contribution in [1.82, 2.24) is 0 Å². The fourth-order valence-corrected chi connectivity index (χ4v) is 5.50. The zero-order valence-electron chi connectivity index (χ0n) is 15.4. The Labute approximate surface area is 172 Å². The standard InChI is InChI=1S/C21H27F4IO/c22-19-13-15(5-12-20(19)27-21(23,24)25)2-1-14-3-6-16(7-4-14)17-8-10-18(26)11-9-17/h5,12-14,16-18H,1-4,6-11H2. The molecule has 1 aromatic carbocycles. The van der Waals surface area contributed by atoms with Gasteiger partial charge in [-0.3, -0.25) is 0 Å². The van der Waals surface area contributed by atoms with Gasteiger partial charge in [0.1, 0.15) is 0 Å². The number of hydrogen-bond acceptors (Lipinski definition) is 1. The van der Waals surface area contributed by atoms with Crippen LogP contribution in [0.15, 0.2) is 18.2 Å². The average molecular weight is 498 g/mol. The van der Waals surface area contributed by atoms with E-state index in [9.17, 15) is 17.6 Å². The Bertz CT molecular complexity index is 603. The smallest absolute Gasteiger partial charge is 0.403 e. The number of halogens is 5. The second-order valence-corrected chi connectivity index (χ2v) is 9.91. The molecule has 27 heavy (non-hydrogen) atoms. The molecular weight excluding hydrogens is 471 g/mol. The first-order valence-corrected chi connectivity index (χ1v) is 11.2. The number of rotatable bonds is 5. The SMILES string of the molecule is Fc1cc(CCC2CCC(C3CCC(I)CC3)CC2)ccc1OC(F)(F)F. The van der Waals surface area contributed by atoms with Gasteiger partial charge in [0.2, 0.25) is 0 Å². The van der Waals surface area contributed by atoms with Crippen molar-refractivity contribution in [3.8, 4) is 5.75 Å². The van der Waals surface area contributed by atoms with Gasteiger partial charge in [0.25, 0.3) is 0 Å². The van der Waals surface area contributed by atoms with Crippen molar-refractivity contribution in [1.29, 1.82) is 0 Å². The lowest BCUT2D eigenvalue weighted by Crippen LogP contribution is -2.26. The summed E-state index contributed by atoms with van der Waals surface area (Å²) in [5.74, 6) is 0.734. The first-order chi connectivity index (χ1) is 12.8. The van der Waals surface area contributed by atoms with Crippen LogP contribution in [-0.4, -0.2) is 10.3 Å². The first kappa shape index (κ1) is 21.2. The fraction of sp³-hybridized carbons (Fsp3) is 0.714. The minimum atomic E-state index is -4.86. The van der Waals surface area contributed by atoms with E-state index in [0.717, 1.165) is 33.8 Å². The number of aryl methyl sites for hydroxylation is 1. The molecule has 2 saturated carbocycles. The zero-order chi connectivity index (χ0) is 19.4. The van der Waals surface area contributed by atoms with Crippen molar-refractivity contribution in [3.63, 3.8) is 0 Å². The van der Waals surface area contributed by atoms with Crippen LogP contribution in [0.4, 0.5) is 17.6 Å². The van der Waals surface area contributed by atoms with E-state index >= 15 is 0 Å². The second-order valence-electron chi connectivity index (χ2n) is 8.14. The zero-order valence-corrected chi connectivity index (χ0v) is 17.6. The number of alkyl halides is 4. The topological polar surface area (TPSA) is 9.23 Å². The summed E-state index contributed by atoms with van der Waals surface area (Å²) in [7, 11) is 0. The maximum Gasteiger partial charge on any atom is 0.573 e. The van der Waals surface area contributed by atoms with Gasteiger partial charge in [-0.25, -0.2) is 4.39 Å². The highest BCUT2D eigenvalue weighted by atomic mass is 127. The summed E-state index contributed by atoms with van der Waals surface area (Å²) in [6.07, 6.45) is 7.38. The van der Waals surface area contributed by atoms with Crippen LogP contribution in [0.1, 0.15) is 63.4 Å². The van der Waals surface area contributed by atoms with E-state index in [0.29, 0.717) is 12.3 Å². The Morgan fingerprint density at radius 3 is 2.07 bits per heavy atom. The van der Waals surface area contributed by atoms with E-state index in [-0.39, 0.29) is 0 Å². The molecule has 0 unspecified atom stereocenters. The van der Waals surface area contributed by atoms with Crippen molar-refractivity contribution in [2.75, 3.05) is 0 Å². The molecule has 1 nitrogen and oxygen atoms in total. The maximum atomic E-state index is 13.8. The third-order valence-corrected chi connectivity index (χ3v) is 7.57. The third-order valence-electron chi connectivity index (χ3n) is 6.32. The van der Waals surface area contributed by atoms with Crippen molar-refractivity contribution < 1.29 is 22.3 Å². The summed E-state index contributed by atoms with van der Waals surface area (Å²) >= 11 is 2.58. The number of ether oxygens (including phenoxy) is 1. The molecule has 0 atom stereocenters. The van der Waals surface area contributed by atoms with Crippen LogP contribution in [0.3, 0.4) is 0 Å². The third kappa shape index (κ3) is 6.50. The van der Waals surface area contributed by atoms with E-state index in [2.05, 4.69) is 27.3 Å². The van der Waals surface area contributed by atoms with Crippen molar-refractivity contribution in [3.05, 3.63) is 29.6 Å². The van der Waals surface area contributed by atoms with Gasteiger partial charge in [-0.15, -0.1) is 13.2 Å². The fourth-order valence-electron chi connectivity index (χ4n) is 4.78. The van der Waals surface area contributed by atoms with E-state index in [1.807, 2.05) is 0 Å². The molecule has 0 aromatic heterocycles. The molecule has 0 spiro atoms. The van der Waals surface area contributed by atoms with Crippen molar-refractivity contribution in [2.24, 2.45) is 17.8 Å². The predicted molar refractivity (Wildman–Crippen MR) is 107 cm³/mol. The normalized spacial score (nSPS) is 29.5. The quantitative estimate of drug-likeness (QED) is 0.233. The summed E-state index contributed by atoms with van der Waals surface area (Å²) in [6.45, 7) is 0. The Balaban J connectivity index is 1.43. The monoisotopic (exact) mass is 498 g/mol. The van der Waals surface area contributed by atoms with Crippen molar-refractivity contribution in [2.45, 2.75) is 74.5 Å². The van der Waals surface area contributed by atoms with Gasteiger partial charge in [-0.05, 0) is 86.8 Å². The highest BCUT2D eigenvalue weighted by Crippen LogP contribution is 2.42. The molecule has 2 aliphatic rings. The minimum absolute atomic E-state index is 0.649. The summed E-state index contributed by atoms with van der Waals surface area (Å²) in [5.41, 5.74) is 0.740. The molecule has 3 rings (SSSR count). The largest absolute Gasteiger partial charge is 0.573 e. The van der Waals surface area contributed by atoms with Crippen LogP contribution in [-0.2, 0) is 6.42 Å². The summed E-state index contributed by atoms with van der Waals surface area (Å²) in [6, 6.07) is 3.80. The van der Waals surface area contributed by atoms with Gasteiger partial charge in [0.05, 0.1) is 0 Å². The Morgan fingerprint density at radius 2 is 1.52 bits per heavy atom. The maximum absolute atomic E-state index is 13.8. The van der Waals surface area contributed by atoms with Gasteiger partial charge in [-0.1, -0.05) is 41.5 Å². The minimum Gasteiger partial charge on any atom is -0.403 e. The van der Waals surface area contributed by atoms with Crippen molar-refractivity contribution >= 4 is 22.6 Å². The van der Waals surface area contributed by atoms with Crippen LogP contribution in [0.5, 0.6) is 5.75 Å². The van der Waals surface area contributed by atoms with Crippen LogP contribution in [0, 0.1) is 23.6 Å². The Morgan fingerprint density at radius 1 is 0.926 bits per heavy atom. The first-order valence-electron chi connectivity index (χ1n) is 9.98. The molecule has 0 radical (unpaired) electrons. The molecule has 1 aromatic rings. The van der Waals surface area contributed by atoms with Crippen LogP contribution in [0.2, 0.25) is 0 Å². The molecule has 0 heterocycles. The molecule has 6 heteroatoms. The summed E-state index contributed by atoms with van der Waals surface area (Å²) in [5, 5.41) is 0. The molecule has 2 aliphatic carbocycles. The van der Waals surface area contributed by atoms with Gasteiger partial charge < -0.3 is 4.74 Å². The van der Waals surface area contributed by atoms with Gasteiger partial charge >= 0.3 is 6.36 Å². The van der Waals surface area contributed by atoms with E-state index < -0.39 is 17.9 Å². The van der Waals surface area contributed by atoms with E-state index in [1.165, 1.54) is 63.5 Å². The molecular formula is C21H27F4IO. The molecule has 0 N–H and O–H groups in total. The predicted octanol–water partition coefficient (Wildman–Crippen LogP) is 7.46. The highest BCUT2D eigenvalue weighted by molar-refractivity contribution is 14.1. The number of benzene rings is 1. The van der Waals surface area contributed by atoms with Gasteiger partial charge in [0.15, 0.2) is 11.6 Å². The lowest BCUT2D eigenvalue weighted by molar-refractivity contribution is -0.275. The average Bonchev–Trinajstić information content (AvgIpc) is 2.62. The summed E-state index contributed by atoms with van der Waals surface area (Å²) < 4.78 is 55.0. The van der Waals surface area contributed by atoms with E-state index in [4.69, 9.17) is 0 Å². The lowest BCUT2D eigenvalue weighted by atomic mass is 9.70. The molecule has 152 valence electrons. The van der Waals surface area contributed by atoms with Gasteiger partial charge in [-0.2, -0.15) is 0 Å². The molecule has 0 aliphatic heterocycles. The van der Waals surface area contributed by atoms with Gasteiger partial charge in [0, 0.05) is 3.92 Å². The van der Waals surface area contributed by atoms with Crippen LogP contribution < -0.4 is 4.74 Å². The molecule has 0 saturated heterocycles. The second kappa shape index (κ2) is 9.31. The van der Waals surface area contributed by atoms with Crippen LogP contribution >= 0.6 is 22.6 Å². The Hall–Kier alpha value is -0.530. The Kier molecular flexibility index (Phi) is 7.31. The number of hydrogen-bond donors (Lipinski definition) is 0. The lowest BCUT2D eigenvalue weighted by Gasteiger charge is -2.37. The van der Waals surface area contributed by atoms with E-state index in [1.54, 1.807) is 0 Å². The molecule has 0 amide bonds. The van der Waals surface area contributed by atoms with Crippen LogP contribution in [0.25, 0.3) is 0 Å². The molecule has 0 bridgehead atoms. The molecule has 2 fully saturated rings. The highest BCUT2D eigenvalue weighted by Gasteiger charge is 2.32. The summed E-state index contributed by atoms with van der Waals surface area (Å²) in [4.78, 5) is 0.